The first kappa shape index (κ1) is 12.7. The van der Waals surface area contributed by atoms with Gasteiger partial charge < -0.3 is 10.5 Å². The molecule has 1 aliphatic heterocycles. The van der Waals surface area contributed by atoms with Gasteiger partial charge in [-0.25, -0.2) is 0 Å². The largest absolute Gasteiger partial charge is 0.493 e. The summed E-state index contributed by atoms with van der Waals surface area (Å²) in [5, 5.41) is 0. The van der Waals surface area contributed by atoms with Crippen LogP contribution in [0.3, 0.4) is 0 Å². The first-order valence-corrected chi connectivity index (χ1v) is 6.33. The Morgan fingerprint density at radius 2 is 2.28 bits per heavy atom. The molecule has 3 nitrogen and oxygen atoms in total. The molecule has 0 aromatic heterocycles. The summed E-state index contributed by atoms with van der Waals surface area (Å²) in [6.07, 6.45) is 5.15. The van der Waals surface area contributed by atoms with Crippen LogP contribution in [-0.2, 0) is 17.6 Å². The van der Waals surface area contributed by atoms with Crippen LogP contribution in [-0.4, -0.2) is 12.5 Å². The average molecular weight is 245 g/mol. The van der Waals surface area contributed by atoms with E-state index in [1.165, 1.54) is 17.2 Å². The third-order valence-corrected chi connectivity index (χ3v) is 3.06. The molecule has 0 unspecified atom stereocenters. The van der Waals surface area contributed by atoms with Crippen molar-refractivity contribution in [3.05, 3.63) is 34.9 Å². The zero-order valence-corrected chi connectivity index (χ0v) is 10.9. The van der Waals surface area contributed by atoms with Gasteiger partial charge in [0.15, 0.2) is 0 Å². The fraction of sp³-hybridized carbons (Fsp3) is 0.400. The lowest BCUT2D eigenvalue weighted by Crippen LogP contribution is -2.06. The van der Waals surface area contributed by atoms with Gasteiger partial charge in [-0.3, -0.25) is 4.79 Å². The Hall–Kier alpha value is -1.77. The Labute approximate surface area is 108 Å². The number of primary amides is 1. The van der Waals surface area contributed by atoms with E-state index < -0.39 is 5.91 Å². The van der Waals surface area contributed by atoms with Gasteiger partial charge >= 0.3 is 0 Å². The summed E-state index contributed by atoms with van der Waals surface area (Å²) in [5.41, 5.74) is 8.74. The lowest BCUT2D eigenvalue weighted by Gasteiger charge is -2.12. The van der Waals surface area contributed by atoms with Crippen molar-refractivity contribution in [3.8, 4) is 5.75 Å². The fourth-order valence-corrected chi connectivity index (χ4v) is 2.34. The zero-order chi connectivity index (χ0) is 13.1. The minimum atomic E-state index is -0.415. The Morgan fingerprint density at radius 3 is 2.94 bits per heavy atom. The highest BCUT2D eigenvalue weighted by molar-refractivity contribution is 5.91. The van der Waals surface area contributed by atoms with Gasteiger partial charge in [-0.15, -0.1) is 0 Å². The molecule has 3 heteroatoms. The van der Waals surface area contributed by atoms with E-state index in [-0.39, 0.29) is 0 Å². The van der Waals surface area contributed by atoms with Crippen LogP contribution in [0.2, 0.25) is 0 Å². The van der Waals surface area contributed by atoms with E-state index in [4.69, 9.17) is 10.5 Å². The summed E-state index contributed by atoms with van der Waals surface area (Å²) < 4.78 is 5.56. The van der Waals surface area contributed by atoms with Gasteiger partial charge in [0, 0.05) is 18.1 Å². The van der Waals surface area contributed by atoms with E-state index in [0.717, 1.165) is 30.8 Å². The highest BCUT2D eigenvalue weighted by Gasteiger charge is 2.18. The number of nitrogens with two attached hydrogens (primary N) is 1. The van der Waals surface area contributed by atoms with Crippen LogP contribution in [0.1, 0.15) is 30.5 Å². The van der Waals surface area contributed by atoms with Crippen molar-refractivity contribution < 1.29 is 9.53 Å². The van der Waals surface area contributed by atoms with Crippen LogP contribution in [0.15, 0.2) is 18.2 Å². The summed E-state index contributed by atoms with van der Waals surface area (Å²) in [6.45, 7) is 5.09. The predicted molar refractivity (Wildman–Crippen MR) is 72.4 cm³/mol. The molecule has 0 spiro atoms. The SMILES string of the molecule is CC(C)Cc1ccc2c(c1/C=C/C(N)=O)CCO2. The Morgan fingerprint density at radius 1 is 1.50 bits per heavy atom. The van der Waals surface area contributed by atoms with Gasteiger partial charge in [-0.2, -0.15) is 0 Å². The number of hydrogen-bond donors (Lipinski definition) is 1. The van der Waals surface area contributed by atoms with Gasteiger partial charge in [-0.05, 0) is 35.6 Å². The van der Waals surface area contributed by atoms with E-state index >= 15 is 0 Å². The summed E-state index contributed by atoms with van der Waals surface area (Å²) in [4.78, 5) is 10.9. The minimum Gasteiger partial charge on any atom is -0.493 e. The highest BCUT2D eigenvalue weighted by Crippen LogP contribution is 2.32. The lowest BCUT2D eigenvalue weighted by molar-refractivity contribution is -0.113. The molecule has 1 amide bonds. The maximum Gasteiger partial charge on any atom is 0.241 e. The molecule has 0 aliphatic carbocycles. The summed E-state index contributed by atoms with van der Waals surface area (Å²) in [7, 11) is 0. The normalized spacial score (nSPS) is 13.9. The molecule has 0 radical (unpaired) electrons. The molecular formula is C15H19NO2. The third-order valence-electron chi connectivity index (χ3n) is 3.06. The molecule has 0 saturated carbocycles. The molecule has 2 N–H and O–H groups in total. The molecule has 0 fully saturated rings. The van der Waals surface area contributed by atoms with Crippen LogP contribution in [0.5, 0.6) is 5.75 Å². The van der Waals surface area contributed by atoms with Gasteiger partial charge in [0.25, 0.3) is 0 Å². The molecule has 1 aliphatic rings. The Bertz CT molecular complexity index is 490. The molecule has 0 atom stereocenters. The van der Waals surface area contributed by atoms with Crippen molar-refractivity contribution in [2.75, 3.05) is 6.61 Å². The summed E-state index contributed by atoms with van der Waals surface area (Å²) in [5.74, 6) is 1.10. The molecule has 96 valence electrons. The monoisotopic (exact) mass is 245 g/mol. The first-order chi connectivity index (χ1) is 8.58. The van der Waals surface area contributed by atoms with Crippen LogP contribution < -0.4 is 10.5 Å². The van der Waals surface area contributed by atoms with Gasteiger partial charge in [0.2, 0.25) is 5.91 Å². The molecule has 1 aromatic rings. The number of rotatable bonds is 4. The molecule has 18 heavy (non-hydrogen) atoms. The molecule has 1 heterocycles. The number of carbonyl (C=O) groups excluding carboxylic acids is 1. The average Bonchev–Trinajstić information content (AvgIpc) is 2.74. The van der Waals surface area contributed by atoms with Crippen molar-refractivity contribution >= 4 is 12.0 Å². The Balaban J connectivity index is 2.43. The van der Waals surface area contributed by atoms with Gasteiger partial charge in [-0.1, -0.05) is 19.9 Å². The molecular weight excluding hydrogens is 226 g/mol. The number of benzene rings is 1. The number of ether oxygens (including phenoxy) is 1. The second kappa shape index (κ2) is 5.25. The maximum absolute atomic E-state index is 10.9. The molecule has 2 rings (SSSR count). The zero-order valence-electron chi connectivity index (χ0n) is 10.9. The van der Waals surface area contributed by atoms with E-state index in [9.17, 15) is 4.79 Å². The van der Waals surface area contributed by atoms with Crippen LogP contribution >= 0.6 is 0 Å². The van der Waals surface area contributed by atoms with Crippen LogP contribution in [0.25, 0.3) is 6.08 Å². The lowest BCUT2D eigenvalue weighted by atomic mass is 9.93. The van der Waals surface area contributed by atoms with Crippen molar-refractivity contribution in [3.63, 3.8) is 0 Å². The van der Waals surface area contributed by atoms with Gasteiger partial charge in [0.1, 0.15) is 5.75 Å². The van der Waals surface area contributed by atoms with Crippen molar-refractivity contribution in [1.82, 2.24) is 0 Å². The topological polar surface area (TPSA) is 52.3 Å². The quantitative estimate of drug-likeness (QED) is 0.828. The Kier molecular flexibility index (Phi) is 3.70. The number of fused-ring (bicyclic) bond motifs is 1. The van der Waals surface area contributed by atoms with E-state index in [0.29, 0.717) is 5.92 Å². The van der Waals surface area contributed by atoms with E-state index in [2.05, 4.69) is 19.9 Å². The second-order valence-corrected chi connectivity index (χ2v) is 5.05. The second-order valence-electron chi connectivity index (χ2n) is 5.05. The van der Waals surface area contributed by atoms with Crippen LogP contribution in [0.4, 0.5) is 0 Å². The number of hydrogen-bond acceptors (Lipinski definition) is 2. The van der Waals surface area contributed by atoms with Crippen molar-refractivity contribution in [1.29, 1.82) is 0 Å². The molecule has 1 aromatic carbocycles. The summed E-state index contributed by atoms with van der Waals surface area (Å²) in [6, 6.07) is 4.12. The smallest absolute Gasteiger partial charge is 0.241 e. The molecule has 0 saturated heterocycles. The van der Waals surface area contributed by atoms with Crippen molar-refractivity contribution in [2.24, 2.45) is 11.7 Å². The minimum absolute atomic E-state index is 0.415. The third kappa shape index (κ3) is 2.73. The predicted octanol–water partition coefficient (Wildman–Crippen LogP) is 2.32. The maximum atomic E-state index is 10.9. The van der Waals surface area contributed by atoms with Crippen molar-refractivity contribution in [2.45, 2.75) is 26.7 Å². The van der Waals surface area contributed by atoms with E-state index in [1.54, 1.807) is 0 Å². The highest BCUT2D eigenvalue weighted by atomic mass is 16.5. The first-order valence-electron chi connectivity index (χ1n) is 6.33. The van der Waals surface area contributed by atoms with Gasteiger partial charge in [0.05, 0.1) is 6.61 Å². The summed E-state index contributed by atoms with van der Waals surface area (Å²) >= 11 is 0. The fourth-order valence-electron chi connectivity index (χ4n) is 2.34. The number of carbonyl (C=O) groups is 1. The molecule has 0 bridgehead atoms. The number of amides is 1. The standard InChI is InChI=1S/C15H19NO2/c1-10(2)9-11-3-5-14-13(7-8-18-14)12(11)4-6-15(16)17/h3-6,10H,7-9H2,1-2H3,(H2,16,17)/b6-4+. The van der Waals surface area contributed by atoms with E-state index in [1.807, 2.05) is 12.1 Å². The van der Waals surface area contributed by atoms with Crippen LogP contribution in [0, 0.1) is 5.92 Å².